The Morgan fingerprint density at radius 1 is 1.03 bits per heavy atom. The summed E-state index contributed by atoms with van der Waals surface area (Å²) in [6.45, 7) is 4.78. The summed E-state index contributed by atoms with van der Waals surface area (Å²) in [6.07, 6.45) is 6.00. The molecule has 0 atom stereocenters. The predicted molar refractivity (Wildman–Crippen MR) is 125 cm³/mol. The summed E-state index contributed by atoms with van der Waals surface area (Å²) in [4.78, 5) is 35.0. The van der Waals surface area contributed by atoms with Gasteiger partial charge in [-0.1, -0.05) is 25.0 Å². The van der Waals surface area contributed by atoms with E-state index < -0.39 is 0 Å². The van der Waals surface area contributed by atoms with Gasteiger partial charge >= 0.3 is 0 Å². The molecule has 2 N–H and O–H groups in total. The highest BCUT2D eigenvalue weighted by atomic mass is 16.5. The van der Waals surface area contributed by atoms with Crippen LogP contribution in [0, 0.1) is 0 Å². The summed E-state index contributed by atoms with van der Waals surface area (Å²) < 4.78 is 5.35. The molecule has 4 rings (SSSR count). The van der Waals surface area contributed by atoms with Gasteiger partial charge in [-0.25, -0.2) is 4.98 Å². The molecule has 2 aromatic rings. The van der Waals surface area contributed by atoms with Gasteiger partial charge in [0.05, 0.1) is 23.9 Å². The van der Waals surface area contributed by atoms with Crippen molar-refractivity contribution >= 4 is 23.3 Å². The number of amides is 2. The Bertz CT molecular complexity index is 950. The zero-order chi connectivity index (χ0) is 22.3. The molecule has 2 saturated heterocycles. The molecular formula is C24H31N5O3. The molecule has 2 amide bonds. The van der Waals surface area contributed by atoms with E-state index in [0.29, 0.717) is 28.4 Å². The topological polar surface area (TPSA) is 86.8 Å². The van der Waals surface area contributed by atoms with E-state index in [1.165, 1.54) is 0 Å². The standard InChI is InChI=1S/C24H31N5O3/c1-32-21-9-5-4-8-19(21)23(30)27-20-16-18(24(31)29-12-6-2-3-7-13-29)17-26-22(20)28-14-10-25-11-15-28/h4-5,8-9,16-17,25H,2-3,6-7,10-15H2,1H3,(H,27,30). The Morgan fingerprint density at radius 2 is 1.75 bits per heavy atom. The zero-order valence-corrected chi connectivity index (χ0v) is 18.6. The number of piperazine rings is 1. The molecule has 0 aliphatic carbocycles. The Labute approximate surface area is 188 Å². The van der Waals surface area contributed by atoms with Gasteiger partial charge in [0.25, 0.3) is 11.8 Å². The molecule has 1 aromatic carbocycles. The summed E-state index contributed by atoms with van der Waals surface area (Å²) >= 11 is 0. The van der Waals surface area contributed by atoms with E-state index in [1.807, 2.05) is 11.0 Å². The maximum Gasteiger partial charge on any atom is 0.259 e. The first-order chi connectivity index (χ1) is 15.7. The average molecular weight is 438 g/mol. The molecule has 2 fully saturated rings. The number of likely N-dealkylation sites (tertiary alicyclic amines) is 1. The highest BCUT2D eigenvalue weighted by Crippen LogP contribution is 2.28. The van der Waals surface area contributed by atoms with Crippen molar-refractivity contribution in [1.82, 2.24) is 15.2 Å². The fraction of sp³-hybridized carbons (Fsp3) is 0.458. The number of nitrogens with zero attached hydrogens (tertiary/aromatic N) is 3. The zero-order valence-electron chi connectivity index (χ0n) is 18.6. The fourth-order valence-corrected chi connectivity index (χ4v) is 4.27. The lowest BCUT2D eigenvalue weighted by Gasteiger charge is -2.30. The van der Waals surface area contributed by atoms with E-state index in [-0.39, 0.29) is 11.8 Å². The van der Waals surface area contributed by atoms with Crippen molar-refractivity contribution in [3.05, 3.63) is 47.7 Å². The van der Waals surface area contributed by atoms with Gasteiger partial charge in [-0.15, -0.1) is 0 Å². The number of pyridine rings is 1. The molecule has 0 saturated carbocycles. The second-order valence-electron chi connectivity index (χ2n) is 8.19. The van der Waals surface area contributed by atoms with Crippen molar-refractivity contribution < 1.29 is 14.3 Å². The number of benzene rings is 1. The second kappa shape index (κ2) is 10.5. The lowest BCUT2D eigenvalue weighted by Crippen LogP contribution is -2.44. The first-order valence-electron chi connectivity index (χ1n) is 11.4. The van der Waals surface area contributed by atoms with Crippen LogP contribution in [0.15, 0.2) is 36.5 Å². The van der Waals surface area contributed by atoms with Crippen LogP contribution in [0.1, 0.15) is 46.4 Å². The van der Waals surface area contributed by atoms with E-state index >= 15 is 0 Å². The number of methoxy groups -OCH3 is 1. The number of carbonyl (C=O) groups is 2. The van der Waals surface area contributed by atoms with Crippen LogP contribution in [-0.2, 0) is 0 Å². The smallest absolute Gasteiger partial charge is 0.259 e. The molecule has 0 bridgehead atoms. The van der Waals surface area contributed by atoms with E-state index in [1.54, 1.807) is 37.6 Å². The fourth-order valence-electron chi connectivity index (χ4n) is 4.27. The minimum Gasteiger partial charge on any atom is -0.496 e. The highest BCUT2D eigenvalue weighted by Gasteiger charge is 2.23. The minimum absolute atomic E-state index is 0.0287. The van der Waals surface area contributed by atoms with Crippen molar-refractivity contribution in [2.75, 3.05) is 56.6 Å². The third-order valence-electron chi connectivity index (χ3n) is 6.02. The van der Waals surface area contributed by atoms with Gasteiger partial charge in [0.2, 0.25) is 0 Å². The number of aromatic nitrogens is 1. The van der Waals surface area contributed by atoms with Crippen LogP contribution >= 0.6 is 0 Å². The van der Waals surface area contributed by atoms with Gasteiger partial charge in [-0.05, 0) is 31.0 Å². The normalized spacial score (nSPS) is 16.9. The van der Waals surface area contributed by atoms with Crippen LogP contribution in [0.4, 0.5) is 11.5 Å². The van der Waals surface area contributed by atoms with E-state index in [4.69, 9.17) is 4.74 Å². The lowest BCUT2D eigenvalue weighted by atomic mass is 10.1. The molecule has 2 aliphatic heterocycles. The van der Waals surface area contributed by atoms with Crippen LogP contribution in [0.3, 0.4) is 0 Å². The van der Waals surface area contributed by atoms with Gasteiger partial charge in [0.1, 0.15) is 5.75 Å². The molecule has 0 unspecified atom stereocenters. The van der Waals surface area contributed by atoms with Gasteiger partial charge in [0, 0.05) is 45.5 Å². The van der Waals surface area contributed by atoms with E-state index in [0.717, 1.165) is 65.0 Å². The molecule has 2 aliphatic rings. The summed E-state index contributed by atoms with van der Waals surface area (Å²) in [6, 6.07) is 8.86. The number of hydrogen-bond donors (Lipinski definition) is 2. The van der Waals surface area contributed by atoms with Crippen molar-refractivity contribution in [1.29, 1.82) is 0 Å². The maximum atomic E-state index is 13.2. The number of hydrogen-bond acceptors (Lipinski definition) is 6. The number of nitrogens with one attached hydrogen (secondary N) is 2. The van der Waals surface area contributed by atoms with Gasteiger partial charge < -0.3 is 25.2 Å². The summed E-state index contributed by atoms with van der Waals surface area (Å²) in [7, 11) is 1.54. The second-order valence-corrected chi connectivity index (χ2v) is 8.19. The average Bonchev–Trinajstić information content (AvgIpc) is 3.13. The molecular weight excluding hydrogens is 406 g/mol. The number of ether oxygens (including phenoxy) is 1. The third-order valence-corrected chi connectivity index (χ3v) is 6.02. The monoisotopic (exact) mass is 437 g/mol. The van der Waals surface area contributed by atoms with Crippen LogP contribution in [0.25, 0.3) is 0 Å². The molecule has 8 heteroatoms. The summed E-state index contributed by atoms with van der Waals surface area (Å²) in [5, 5.41) is 6.33. The van der Waals surface area contributed by atoms with Crippen molar-refractivity contribution in [3.8, 4) is 5.75 Å². The molecule has 32 heavy (non-hydrogen) atoms. The van der Waals surface area contributed by atoms with Crippen LogP contribution in [0.5, 0.6) is 5.75 Å². The Hall–Kier alpha value is -3.13. The van der Waals surface area contributed by atoms with Crippen molar-refractivity contribution in [2.45, 2.75) is 25.7 Å². The molecule has 0 radical (unpaired) electrons. The van der Waals surface area contributed by atoms with Gasteiger partial charge in [-0.2, -0.15) is 0 Å². The minimum atomic E-state index is -0.292. The number of para-hydroxylation sites is 1. The van der Waals surface area contributed by atoms with Gasteiger partial charge in [-0.3, -0.25) is 9.59 Å². The van der Waals surface area contributed by atoms with Gasteiger partial charge in [0.15, 0.2) is 5.82 Å². The predicted octanol–water partition coefficient (Wildman–Crippen LogP) is 2.77. The summed E-state index contributed by atoms with van der Waals surface area (Å²) in [5.41, 5.74) is 1.48. The quantitative estimate of drug-likeness (QED) is 0.748. The SMILES string of the molecule is COc1ccccc1C(=O)Nc1cc(C(=O)N2CCCCCC2)cnc1N1CCNCC1. The highest BCUT2D eigenvalue weighted by molar-refractivity contribution is 6.08. The molecule has 3 heterocycles. The van der Waals surface area contributed by atoms with Crippen LogP contribution in [0.2, 0.25) is 0 Å². The summed E-state index contributed by atoms with van der Waals surface area (Å²) in [5.74, 6) is 0.861. The molecule has 0 spiro atoms. The Morgan fingerprint density at radius 3 is 2.47 bits per heavy atom. The first-order valence-corrected chi connectivity index (χ1v) is 11.4. The molecule has 170 valence electrons. The van der Waals surface area contributed by atoms with Crippen LogP contribution in [-0.4, -0.2) is 68.1 Å². The maximum absolute atomic E-state index is 13.2. The lowest BCUT2D eigenvalue weighted by molar-refractivity contribution is 0.0761. The number of carbonyl (C=O) groups excluding carboxylic acids is 2. The van der Waals surface area contributed by atoms with E-state index in [9.17, 15) is 9.59 Å². The molecule has 1 aromatic heterocycles. The third kappa shape index (κ3) is 5.02. The van der Waals surface area contributed by atoms with E-state index in [2.05, 4.69) is 20.5 Å². The van der Waals surface area contributed by atoms with Crippen molar-refractivity contribution in [3.63, 3.8) is 0 Å². The Kier molecular flexibility index (Phi) is 7.21. The largest absolute Gasteiger partial charge is 0.496 e. The molecule has 8 nitrogen and oxygen atoms in total. The first kappa shape index (κ1) is 22.1. The number of anilines is 2. The number of rotatable bonds is 5. The Balaban J connectivity index is 1.64. The van der Waals surface area contributed by atoms with Crippen LogP contribution < -0.4 is 20.3 Å². The van der Waals surface area contributed by atoms with Crippen molar-refractivity contribution in [2.24, 2.45) is 0 Å².